The summed E-state index contributed by atoms with van der Waals surface area (Å²) in [5.74, 6) is 0. The average molecular weight is 339 g/mol. The summed E-state index contributed by atoms with van der Waals surface area (Å²) in [5.41, 5.74) is 0.571. The summed E-state index contributed by atoms with van der Waals surface area (Å²) in [5, 5.41) is 3.50. The molecule has 0 radical (unpaired) electrons. The van der Waals surface area contributed by atoms with Crippen molar-refractivity contribution in [2.75, 3.05) is 20.3 Å². The number of nitrogens with one attached hydrogen (secondary N) is 2. The molecule has 0 bridgehead atoms. The molecule has 1 unspecified atom stereocenters. The van der Waals surface area contributed by atoms with Crippen LogP contribution in [0.25, 0.3) is 0 Å². The second-order valence-electron chi connectivity index (χ2n) is 4.55. The van der Waals surface area contributed by atoms with E-state index >= 15 is 0 Å². The van der Waals surface area contributed by atoms with Crippen molar-refractivity contribution < 1.29 is 13.2 Å². The van der Waals surface area contributed by atoms with Crippen LogP contribution in [0.3, 0.4) is 0 Å². The van der Waals surface area contributed by atoms with Gasteiger partial charge in [-0.3, -0.25) is 0 Å². The number of ether oxygens (including phenoxy) is 1. The van der Waals surface area contributed by atoms with Gasteiger partial charge >= 0.3 is 0 Å². The minimum Gasteiger partial charge on any atom is -0.380 e. The summed E-state index contributed by atoms with van der Waals surface area (Å²) < 4.78 is 32.5. The fourth-order valence-electron chi connectivity index (χ4n) is 2.03. The molecule has 0 spiro atoms. The van der Waals surface area contributed by atoms with Gasteiger partial charge in [-0.05, 0) is 25.6 Å². The van der Waals surface area contributed by atoms with Gasteiger partial charge in [-0.25, -0.2) is 13.1 Å². The van der Waals surface area contributed by atoms with Crippen molar-refractivity contribution in [3.63, 3.8) is 0 Å². The maximum Gasteiger partial charge on any atom is 0.242 e. The first-order chi connectivity index (χ1) is 9.45. The van der Waals surface area contributed by atoms with Crippen LogP contribution in [0.1, 0.15) is 12.0 Å². The smallest absolute Gasteiger partial charge is 0.242 e. The molecule has 2 N–H and O–H groups in total. The Labute approximate surface area is 128 Å². The van der Waals surface area contributed by atoms with Crippen LogP contribution in [0.4, 0.5) is 0 Å². The van der Waals surface area contributed by atoms with Crippen LogP contribution < -0.4 is 10.0 Å². The van der Waals surface area contributed by atoms with E-state index in [1.54, 1.807) is 13.1 Å². The third-order valence-electron chi connectivity index (χ3n) is 3.05. The molecule has 20 heavy (non-hydrogen) atoms. The van der Waals surface area contributed by atoms with Gasteiger partial charge in [0.25, 0.3) is 0 Å². The Morgan fingerprint density at radius 1 is 1.40 bits per heavy atom. The molecule has 0 aliphatic carbocycles. The first kappa shape index (κ1) is 16.0. The van der Waals surface area contributed by atoms with Gasteiger partial charge in [-0.1, -0.05) is 23.2 Å². The van der Waals surface area contributed by atoms with Crippen LogP contribution in [0.2, 0.25) is 10.0 Å². The van der Waals surface area contributed by atoms with Crippen molar-refractivity contribution >= 4 is 33.2 Å². The lowest BCUT2D eigenvalue weighted by molar-refractivity contribution is 0.192. The molecule has 0 saturated carbocycles. The zero-order chi connectivity index (χ0) is 14.8. The first-order valence-corrected chi connectivity index (χ1v) is 8.41. The summed E-state index contributed by atoms with van der Waals surface area (Å²) >= 11 is 12.2. The van der Waals surface area contributed by atoms with Gasteiger partial charge in [-0.2, -0.15) is 0 Å². The van der Waals surface area contributed by atoms with Gasteiger partial charge in [0.2, 0.25) is 10.0 Å². The Morgan fingerprint density at radius 2 is 2.15 bits per heavy atom. The highest BCUT2D eigenvalue weighted by Gasteiger charge is 2.26. The molecule has 0 aromatic heterocycles. The van der Waals surface area contributed by atoms with Crippen LogP contribution in [0.5, 0.6) is 0 Å². The molecule has 112 valence electrons. The van der Waals surface area contributed by atoms with Gasteiger partial charge in [0.1, 0.15) is 4.90 Å². The largest absolute Gasteiger partial charge is 0.380 e. The summed E-state index contributed by atoms with van der Waals surface area (Å²) in [6.45, 7) is 1.34. The molecule has 1 aliphatic rings. The van der Waals surface area contributed by atoms with E-state index in [1.807, 2.05) is 0 Å². The van der Waals surface area contributed by atoms with Gasteiger partial charge in [0.15, 0.2) is 0 Å². The number of rotatable bonds is 5. The maximum absolute atomic E-state index is 12.4. The molecule has 1 fully saturated rings. The molecule has 1 heterocycles. The Balaban J connectivity index is 2.33. The zero-order valence-corrected chi connectivity index (χ0v) is 13.3. The normalized spacial score (nSPS) is 19.4. The van der Waals surface area contributed by atoms with Crippen molar-refractivity contribution in [3.05, 3.63) is 27.7 Å². The van der Waals surface area contributed by atoms with Crippen LogP contribution in [-0.2, 0) is 21.3 Å². The predicted molar refractivity (Wildman–Crippen MR) is 78.8 cm³/mol. The standard InChI is InChI=1S/C12H16Cl2N2O3S/c1-15-6-9-10(13)2-3-11(12(9)14)20(17,18)16-8-4-5-19-7-8/h2-3,8,15-16H,4-7H2,1H3. The van der Waals surface area contributed by atoms with E-state index in [1.165, 1.54) is 6.07 Å². The third kappa shape index (κ3) is 3.44. The summed E-state index contributed by atoms with van der Waals surface area (Å²) in [6.07, 6.45) is 0.661. The Kier molecular flexibility index (Phi) is 5.28. The number of hydrogen-bond donors (Lipinski definition) is 2. The Hall–Kier alpha value is -0.370. The van der Waals surface area contributed by atoms with E-state index < -0.39 is 10.0 Å². The van der Waals surface area contributed by atoms with Crippen molar-refractivity contribution in [2.45, 2.75) is 23.9 Å². The van der Waals surface area contributed by atoms with Crippen LogP contribution in [0, 0.1) is 0 Å². The second kappa shape index (κ2) is 6.60. The van der Waals surface area contributed by atoms with E-state index in [0.717, 1.165) is 0 Å². The maximum atomic E-state index is 12.4. The van der Waals surface area contributed by atoms with E-state index in [4.69, 9.17) is 27.9 Å². The topological polar surface area (TPSA) is 67.4 Å². The summed E-state index contributed by atoms with van der Waals surface area (Å²) in [4.78, 5) is 0.0423. The fraction of sp³-hybridized carbons (Fsp3) is 0.500. The average Bonchev–Trinajstić information content (AvgIpc) is 2.86. The van der Waals surface area contributed by atoms with E-state index in [2.05, 4.69) is 10.0 Å². The number of halogens is 2. The van der Waals surface area contributed by atoms with Gasteiger partial charge in [-0.15, -0.1) is 0 Å². The third-order valence-corrected chi connectivity index (χ3v) is 5.51. The quantitative estimate of drug-likeness (QED) is 0.858. The number of benzene rings is 1. The van der Waals surface area contributed by atoms with Crippen LogP contribution in [0.15, 0.2) is 17.0 Å². The molecule has 2 rings (SSSR count). The van der Waals surface area contributed by atoms with Gasteiger partial charge < -0.3 is 10.1 Å². The molecule has 8 heteroatoms. The van der Waals surface area contributed by atoms with Crippen molar-refractivity contribution in [3.8, 4) is 0 Å². The van der Waals surface area contributed by atoms with Crippen molar-refractivity contribution in [1.82, 2.24) is 10.0 Å². The molecular weight excluding hydrogens is 323 g/mol. The minimum absolute atomic E-state index is 0.0423. The molecule has 1 aliphatic heterocycles. The highest BCUT2D eigenvalue weighted by Crippen LogP contribution is 2.31. The van der Waals surface area contributed by atoms with Crippen molar-refractivity contribution in [2.24, 2.45) is 0 Å². The monoisotopic (exact) mass is 338 g/mol. The lowest BCUT2D eigenvalue weighted by Crippen LogP contribution is -2.35. The van der Waals surface area contributed by atoms with Gasteiger partial charge in [0, 0.05) is 29.8 Å². The van der Waals surface area contributed by atoms with Crippen LogP contribution in [-0.4, -0.2) is 34.7 Å². The summed E-state index contributed by atoms with van der Waals surface area (Å²) in [6, 6.07) is 2.75. The highest BCUT2D eigenvalue weighted by atomic mass is 35.5. The van der Waals surface area contributed by atoms with E-state index in [9.17, 15) is 8.42 Å². The predicted octanol–water partition coefficient (Wildman–Crippen LogP) is 1.78. The molecule has 1 saturated heterocycles. The molecule has 1 aromatic rings. The highest BCUT2D eigenvalue weighted by molar-refractivity contribution is 7.89. The summed E-state index contributed by atoms with van der Waals surface area (Å²) in [7, 11) is -1.94. The molecular formula is C12H16Cl2N2O3S. The Morgan fingerprint density at radius 3 is 2.75 bits per heavy atom. The Bertz CT molecular complexity index is 587. The van der Waals surface area contributed by atoms with E-state index in [-0.39, 0.29) is 16.0 Å². The molecule has 5 nitrogen and oxygen atoms in total. The van der Waals surface area contributed by atoms with Gasteiger partial charge in [0.05, 0.1) is 11.6 Å². The number of hydrogen-bond acceptors (Lipinski definition) is 4. The molecule has 0 amide bonds. The fourth-order valence-corrected chi connectivity index (χ4v) is 4.20. The first-order valence-electron chi connectivity index (χ1n) is 6.17. The van der Waals surface area contributed by atoms with E-state index in [0.29, 0.717) is 36.8 Å². The lowest BCUT2D eigenvalue weighted by Gasteiger charge is -2.15. The zero-order valence-electron chi connectivity index (χ0n) is 10.9. The van der Waals surface area contributed by atoms with Crippen molar-refractivity contribution in [1.29, 1.82) is 0 Å². The number of sulfonamides is 1. The minimum atomic E-state index is -3.68. The SMILES string of the molecule is CNCc1c(Cl)ccc(S(=O)(=O)NC2CCOC2)c1Cl. The molecule has 1 aromatic carbocycles. The lowest BCUT2D eigenvalue weighted by atomic mass is 10.2. The molecule has 1 atom stereocenters. The second-order valence-corrected chi connectivity index (χ2v) is 7.02. The van der Waals surface area contributed by atoms with Crippen LogP contribution >= 0.6 is 23.2 Å².